The van der Waals surface area contributed by atoms with E-state index < -0.39 is 6.04 Å². The molecular formula is C18H27NO4. The van der Waals surface area contributed by atoms with Crippen LogP contribution >= 0.6 is 0 Å². The lowest BCUT2D eigenvalue weighted by Crippen LogP contribution is -2.34. The van der Waals surface area contributed by atoms with Gasteiger partial charge >= 0.3 is 0 Å². The van der Waals surface area contributed by atoms with Crippen molar-refractivity contribution in [3.05, 3.63) is 11.3 Å². The SMILES string of the molecule is CC1OCN2C(=O)C(C(=O)CCCCC3CCCCC3)=C(O)C12. The van der Waals surface area contributed by atoms with Crippen LogP contribution in [0.15, 0.2) is 11.3 Å². The summed E-state index contributed by atoms with van der Waals surface area (Å²) >= 11 is 0. The Labute approximate surface area is 137 Å². The van der Waals surface area contributed by atoms with Crippen LogP contribution in [0.1, 0.15) is 64.7 Å². The highest BCUT2D eigenvalue weighted by atomic mass is 16.5. The Hall–Kier alpha value is -1.36. The molecule has 0 aromatic rings. The summed E-state index contributed by atoms with van der Waals surface area (Å²) in [5.74, 6) is 0.159. The van der Waals surface area contributed by atoms with E-state index in [1.54, 1.807) is 0 Å². The first-order valence-electron chi connectivity index (χ1n) is 8.98. The average Bonchev–Trinajstić information content (AvgIpc) is 3.05. The van der Waals surface area contributed by atoms with Crippen molar-refractivity contribution in [2.45, 2.75) is 76.9 Å². The normalized spacial score (nSPS) is 28.6. The minimum Gasteiger partial charge on any atom is -0.509 e. The molecule has 2 atom stereocenters. The maximum atomic E-state index is 12.3. The molecule has 3 rings (SSSR count). The molecule has 1 saturated heterocycles. The van der Waals surface area contributed by atoms with Crippen molar-refractivity contribution >= 4 is 11.7 Å². The predicted molar refractivity (Wildman–Crippen MR) is 85.8 cm³/mol. The number of carbonyl (C=O) groups is 2. The highest BCUT2D eigenvalue weighted by Crippen LogP contribution is 2.33. The van der Waals surface area contributed by atoms with Gasteiger partial charge in [0.15, 0.2) is 5.78 Å². The molecule has 23 heavy (non-hydrogen) atoms. The summed E-state index contributed by atoms with van der Waals surface area (Å²) < 4.78 is 5.35. The third-order valence-electron chi connectivity index (χ3n) is 5.54. The minimum atomic E-state index is -0.469. The molecule has 0 spiro atoms. The second-order valence-electron chi connectivity index (χ2n) is 7.15. The summed E-state index contributed by atoms with van der Waals surface area (Å²) in [7, 11) is 0. The summed E-state index contributed by atoms with van der Waals surface area (Å²) in [5, 5.41) is 10.2. The molecule has 0 radical (unpaired) electrons. The van der Waals surface area contributed by atoms with Gasteiger partial charge in [0.25, 0.3) is 5.91 Å². The molecule has 2 heterocycles. The molecule has 5 heteroatoms. The standard InChI is InChI=1S/C18H27NO4/c1-12-16-17(21)15(18(22)19(16)11-23-12)14(20)10-6-5-9-13-7-3-2-4-8-13/h12-13,16,21H,2-11H2,1H3. The van der Waals surface area contributed by atoms with Crippen molar-refractivity contribution in [2.75, 3.05) is 6.73 Å². The number of nitrogens with zero attached hydrogens (tertiary/aromatic N) is 1. The summed E-state index contributed by atoms with van der Waals surface area (Å²) in [4.78, 5) is 26.1. The highest BCUT2D eigenvalue weighted by Gasteiger charge is 2.48. The van der Waals surface area contributed by atoms with Crippen LogP contribution in [0.2, 0.25) is 0 Å². The lowest BCUT2D eigenvalue weighted by molar-refractivity contribution is -0.129. The van der Waals surface area contributed by atoms with Gasteiger partial charge in [-0.15, -0.1) is 0 Å². The number of ether oxygens (including phenoxy) is 1. The number of carbonyl (C=O) groups excluding carboxylic acids is 2. The van der Waals surface area contributed by atoms with Crippen molar-refractivity contribution in [1.29, 1.82) is 0 Å². The molecule has 1 N–H and O–H groups in total. The summed E-state index contributed by atoms with van der Waals surface area (Å²) in [6, 6.07) is -0.469. The van der Waals surface area contributed by atoms with Crippen LogP contribution in [-0.4, -0.2) is 40.6 Å². The lowest BCUT2D eigenvalue weighted by Gasteiger charge is -2.21. The second kappa shape index (κ2) is 7.04. The van der Waals surface area contributed by atoms with Crippen molar-refractivity contribution in [1.82, 2.24) is 4.90 Å². The molecule has 1 aliphatic carbocycles. The smallest absolute Gasteiger partial charge is 0.263 e. The Morgan fingerprint density at radius 1 is 1.26 bits per heavy atom. The van der Waals surface area contributed by atoms with E-state index in [1.807, 2.05) is 6.92 Å². The number of unbranched alkanes of at least 4 members (excludes halogenated alkanes) is 1. The van der Waals surface area contributed by atoms with E-state index in [9.17, 15) is 14.7 Å². The van der Waals surface area contributed by atoms with Gasteiger partial charge in [-0.05, 0) is 19.3 Å². The molecule has 128 valence electrons. The predicted octanol–water partition coefficient (Wildman–Crippen LogP) is 3.10. The molecule has 1 saturated carbocycles. The number of aliphatic hydroxyl groups is 1. The maximum Gasteiger partial charge on any atom is 0.263 e. The summed E-state index contributed by atoms with van der Waals surface area (Å²) in [6.45, 7) is 1.97. The van der Waals surface area contributed by atoms with Crippen LogP contribution in [0.3, 0.4) is 0 Å². The molecule has 0 bridgehead atoms. The summed E-state index contributed by atoms with van der Waals surface area (Å²) in [6.07, 6.45) is 9.83. The van der Waals surface area contributed by atoms with Crippen molar-refractivity contribution < 1.29 is 19.4 Å². The van der Waals surface area contributed by atoms with Crippen LogP contribution in [0.25, 0.3) is 0 Å². The number of Topliss-reactive ketones (excluding diaryl/α,β-unsaturated/α-hetero) is 1. The van der Waals surface area contributed by atoms with Gasteiger partial charge < -0.3 is 14.7 Å². The van der Waals surface area contributed by atoms with E-state index in [0.29, 0.717) is 6.42 Å². The van der Waals surface area contributed by atoms with E-state index in [1.165, 1.54) is 43.4 Å². The van der Waals surface area contributed by atoms with Crippen LogP contribution in [0, 0.1) is 5.92 Å². The number of rotatable bonds is 6. The van der Waals surface area contributed by atoms with Gasteiger partial charge in [0.1, 0.15) is 24.1 Å². The highest BCUT2D eigenvalue weighted by molar-refractivity contribution is 6.21. The topological polar surface area (TPSA) is 66.8 Å². The molecule has 0 aromatic carbocycles. The molecular weight excluding hydrogens is 294 g/mol. The monoisotopic (exact) mass is 321 g/mol. The van der Waals surface area contributed by atoms with Crippen LogP contribution < -0.4 is 0 Å². The zero-order valence-corrected chi connectivity index (χ0v) is 13.9. The van der Waals surface area contributed by atoms with E-state index in [4.69, 9.17) is 4.74 Å². The number of ketones is 1. The Morgan fingerprint density at radius 3 is 2.70 bits per heavy atom. The number of amides is 1. The van der Waals surface area contributed by atoms with Gasteiger partial charge in [0.2, 0.25) is 0 Å². The first-order valence-corrected chi connectivity index (χ1v) is 8.98. The molecule has 1 amide bonds. The molecule has 2 unspecified atom stereocenters. The quantitative estimate of drug-likeness (QED) is 0.603. The summed E-state index contributed by atoms with van der Waals surface area (Å²) in [5.41, 5.74) is 0.00261. The minimum absolute atomic E-state index is 0.00261. The zero-order chi connectivity index (χ0) is 16.4. The van der Waals surface area contributed by atoms with E-state index in [-0.39, 0.29) is 35.9 Å². The van der Waals surface area contributed by atoms with Gasteiger partial charge in [-0.1, -0.05) is 44.9 Å². The molecule has 5 nitrogen and oxygen atoms in total. The fraction of sp³-hybridized carbons (Fsp3) is 0.778. The molecule has 3 aliphatic rings. The van der Waals surface area contributed by atoms with E-state index >= 15 is 0 Å². The number of hydrogen-bond donors (Lipinski definition) is 1. The third-order valence-corrected chi connectivity index (χ3v) is 5.54. The molecule has 2 aliphatic heterocycles. The largest absolute Gasteiger partial charge is 0.509 e. The fourth-order valence-corrected chi connectivity index (χ4v) is 4.16. The van der Waals surface area contributed by atoms with Gasteiger partial charge in [-0.3, -0.25) is 9.59 Å². The number of fused-ring (bicyclic) bond motifs is 1. The first kappa shape index (κ1) is 16.5. The van der Waals surface area contributed by atoms with Gasteiger partial charge in [0.05, 0.1) is 6.10 Å². The Balaban J connectivity index is 1.49. The fourth-order valence-electron chi connectivity index (χ4n) is 4.16. The number of hydrogen-bond acceptors (Lipinski definition) is 4. The maximum absolute atomic E-state index is 12.3. The molecule has 0 aromatic heterocycles. The second-order valence-corrected chi connectivity index (χ2v) is 7.15. The first-order chi connectivity index (χ1) is 11.1. The van der Waals surface area contributed by atoms with Gasteiger partial charge in [-0.25, -0.2) is 0 Å². The number of aliphatic hydroxyl groups excluding tert-OH is 1. The van der Waals surface area contributed by atoms with Crippen molar-refractivity contribution in [3.8, 4) is 0 Å². The Bertz CT molecular complexity index is 507. The van der Waals surface area contributed by atoms with Crippen molar-refractivity contribution in [2.24, 2.45) is 5.92 Å². The van der Waals surface area contributed by atoms with Crippen molar-refractivity contribution in [3.63, 3.8) is 0 Å². The zero-order valence-electron chi connectivity index (χ0n) is 13.9. The van der Waals surface area contributed by atoms with Gasteiger partial charge in [-0.2, -0.15) is 0 Å². The Kier molecular flexibility index (Phi) is 5.05. The molecule has 2 fully saturated rings. The van der Waals surface area contributed by atoms with E-state index in [0.717, 1.165) is 18.8 Å². The third kappa shape index (κ3) is 3.30. The van der Waals surface area contributed by atoms with Gasteiger partial charge in [0, 0.05) is 6.42 Å². The van der Waals surface area contributed by atoms with Crippen LogP contribution in [-0.2, 0) is 14.3 Å². The Morgan fingerprint density at radius 2 is 2.00 bits per heavy atom. The van der Waals surface area contributed by atoms with Crippen LogP contribution in [0.5, 0.6) is 0 Å². The average molecular weight is 321 g/mol. The van der Waals surface area contributed by atoms with E-state index in [2.05, 4.69) is 0 Å². The van der Waals surface area contributed by atoms with Crippen LogP contribution in [0.4, 0.5) is 0 Å². The lowest BCUT2D eigenvalue weighted by atomic mass is 9.85.